The molecule has 4 aliphatic rings. The molecular formula is C43H48FN11O4S. The molecule has 5 aromatic rings. The summed E-state index contributed by atoms with van der Waals surface area (Å²) in [4.78, 5) is 58.2. The number of piperidine rings is 2. The smallest absolute Gasteiger partial charge is 0.255 e. The van der Waals surface area contributed by atoms with Crippen LogP contribution >= 0.6 is 11.3 Å². The third-order valence-electron chi connectivity index (χ3n) is 12.2. The van der Waals surface area contributed by atoms with Gasteiger partial charge in [0, 0.05) is 87.4 Å². The summed E-state index contributed by atoms with van der Waals surface area (Å²) in [6.07, 6.45) is 7.14. The van der Waals surface area contributed by atoms with Crippen molar-refractivity contribution in [1.29, 1.82) is 0 Å². The Morgan fingerprint density at radius 3 is 2.50 bits per heavy atom. The van der Waals surface area contributed by atoms with Crippen LogP contribution in [0.3, 0.4) is 0 Å². The van der Waals surface area contributed by atoms with E-state index >= 15 is 0 Å². The fourth-order valence-corrected chi connectivity index (χ4v) is 9.99. The number of halogens is 1. The number of benzene rings is 2. The predicted molar refractivity (Wildman–Crippen MR) is 224 cm³/mol. The van der Waals surface area contributed by atoms with Gasteiger partial charge in [-0.3, -0.25) is 24.6 Å². The molecule has 2 atom stereocenters. The van der Waals surface area contributed by atoms with Gasteiger partial charge in [0.15, 0.2) is 11.6 Å². The monoisotopic (exact) mass is 833 g/mol. The molecule has 0 radical (unpaired) electrons. The highest BCUT2D eigenvalue weighted by molar-refractivity contribution is 7.15. The fraction of sp³-hybridized carbons (Fsp3) is 0.419. The number of aryl methyl sites for hydroxylation is 1. The molecule has 2 aromatic carbocycles. The third-order valence-corrected chi connectivity index (χ3v) is 13.4. The van der Waals surface area contributed by atoms with Crippen LogP contribution in [-0.2, 0) is 22.7 Å². The van der Waals surface area contributed by atoms with E-state index in [9.17, 15) is 18.8 Å². The minimum atomic E-state index is -0.602. The number of amides is 3. The van der Waals surface area contributed by atoms with Crippen molar-refractivity contribution in [1.82, 2.24) is 45.0 Å². The van der Waals surface area contributed by atoms with Crippen LogP contribution in [0.15, 0.2) is 61.1 Å². The summed E-state index contributed by atoms with van der Waals surface area (Å²) in [5.41, 5.74) is 12.0. The molecule has 4 aliphatic heterocycles. The van der Waals surface area contributed by atoms with E-state index < -0.39 is 12.1 Å². The van der Waals surface area contributed by atoms with Crippen molar-refractivity contribution in [2.75, 3.05) is 56.4 Å². The Labute approximate surface area is 351 Å². The van der Waals surface area contributed by atoms with Crippen LogP contribution in [0.1, 0.15) is 70.9 Å². The third kappa shape index (κ3) is 8.20. The van der Waals surface area contributed by atoms with Gasteiger partial charge in [-0.2, -0.15) is 15.0 Å². The molecule has 3 fully saturated rings. The molecule has 17 heteroatoms. The largest absolute Gasteiger partial charge is 0.482 e. The Hall–Kier alpha value is -5.78. The van der Waals surface area contributed by atoms with Gasteiger partial charge in [0.05, 0.1) is 35.2 Å². The van der Waals surface area contributed by atoms with E-state index in [2.05, 4.69) is 41.3 Å². The lowest BCUT2D eigenvalue weighted by atomic mass is 9.95. The highest BCUT2D eigenvalue weighted by Crippen LogP contribution is 2.37. The van der Waals surface area contributed by atoms with Gasteiger partial charge in [-0.15, -0.1) is 11.3 Å². The molecule has 3 amide bonds. The van der Waals surface area contributed by atoms with E-state index in [1.54, 1.807) is 40.9 Å². The molecule has 3 saturated heterocycles. The lowest BCUT2D eigenvalue weighted by molar-refractivity contribution is -0.136. The molecule has 0 saturated carbocycles. The van der Waals surface area contributed by atoms with E-state index in [4.69, 9.17) is 15.5 Å². The molecule has 0 spiro atoms. The number of carbonyl (C=O) groups is 3. The number of pyridine rings is 1. The summed E-state index contributed by atoms with van der Waals surface area (Å²) in [6.45, 7) is 12.0. The van der Waals surface area contributed by atoms with Crippen molar-refractivity contribution in [3.63, 3.8) is 0 Å². The zero-order valence-corrected chi connectivity index (χ0v) is 34.5. The summed E-state index contributed by atoms with van der Waals surface area (Å²) in [5.74, 6) is 0.0876. The number of nitrogens with two attached hydrogens (primary N) is 1. The van der Waals surface area contributed by atoms with Gasteiger partial charge < -0.3 is 25.2 Å². The summed E-state index contributed by atoms with van der Waals surface area (Å²) >= 11 is 1.66. The van der Waals surface area contributed by atoms with Crippen LogP contribution in [-0.4, -0.2) is 109 Å². The fourth-order valence-electron chi connectivity index (χ4n) is 8.91. The van der Waals surface area contributed by atoms with Gasteiger partial charge >= 0.3 is 0 Å². The predicted octanol–water partition coefficient (Wildman–Crippen LogP) is 4.75. The first-order valence-electron chi connectivity index (χ1n) is 20.6. The number of nitrogens with one attached hydrogen (secondary N) is 1. The Morgan fingerprint density at radius 1 is 0.967 bits per heavy atom. The molecule has 0 bridgehead atoms. The number of nitrogens with zero attached hydrogens (tertiary/aromatic N) is 9. The molecule has 3 aromatic heterocycles. The lowest BCUT2D eigenvalue weighted by Gasteiger charge is -2.39. The highest BCUT2D eigenvalue weighted by Gasteiger charge is 2.39. The van der Waals surface area contributed by atoms with Gasteiger partial charge in [-0.25, -0.2) is 14.4 Å². The van der Waals surface area contributed by atoms with Crippen LogP contribution in [0.25, 0.3) is 16.1 Å². The Morgan fingerprint density at radius 2 is 1.73 bits per heavy atom. The Balaban J connectivity index is 0.755. The average Bonchev–Trinajstić information content (AvgIpc) is 3.99. The van der Waals surface area contributed by atoms with E-state index in [0.29, 0.717) is 41.4 Å². The SMILES string of the molecule is Cc1nc(CN2CCN(CC3CCN(c4ccc5c(c4)CN(C4CCC(=O)NC4=O)C5=O)CC3)CC2)sc1-c1cnc(N)c(O[C@H](C)c2cc(F)ccc2-n2nccn2)c1. The topological polar surface area (TPSA) is 168 Å². The van der Waals surface area contributed by atoms with Crippen molar-refractivity contribution >= 4 is 40.6 Å². The van der Waals surface area contributed by atoms with E-state index in [-0.39, 0.29) is 35.8 Å². The second-order valence-corrected chi connectivity index (χ2v) is 17.2. The van der Waals surface area contributed by atoms with Gasteiger partial charge in [0.2, 0.25) is 11.8 Å². The van der Waals surface area contributed by atoms with Crippen molar-refractivity contribution in [2.45, 2.75) is 64.8 Å². The number of anilines is 2. The van der Waals surface area contributed by atoms with Crippen LogP contribution in [0.5, 0.6) is 5.75 Å². The minimum absolute atomic E-state index is 0.137. The molecule has 15 nitrogen and oxygen atoms in total. The molecule has 312 valence electrons. The number of piperazine rings is 1. The number of carbonyl (C=O) groups excluding carboxylic acids is 3. The maximum Gasteiger partial charge on any atom is 0.255 e. The van der Waals surface area contributed by atoms with E-state index in [1.165, 1.54) is 16.9 Å². The number of rotatable bonds is 11. The Bertz CT molecular complexity index is 2410. The Kier molecular flexibility index (Phi) is 11.0. The maximum atomic E-state index is 14.4. The summed E-state index contributed by atoms with van der Waals surface area (Å²) in [7, 11) is 0. The molecule has 9 rings (SSSR count). The number of aromatic nitrogens is 5. The van der Waals surface area contributed by atoms with Crippen molar-refractivity contribution in [2.24, 2.45) is 5.92 Å². The first-order chi connectivity index (χ1) is 29.1. The van der Waals surface area contributed by atoms with Crippen molar-refractivity contribution in [3.05, 3.63) is 94.3 Å². The second kappa shape index (κ2) is 16.7. The van der Waals surface area contributed by atoms with Gasteiger partial charge in [-0.05, 0) is 87.1 Å². The van der Waals surface area contributed by atoms with Crippen LogP contribution in [0.4, 0.5) is 15.9 Å². The first kappa shape index (κ1) is 39.7. The first-order valence-corrected chi connectivity index (χ1v) is 21.4. The summed E-state index contributed by atoms with van der Waals surface area (Å²) < 4.78 is 20.7. The number of hydrogen-bond donors (Lipinski definition) is 2. The number of fused-ring (bicyclic) bond motifs is 1. The van der Waals surface area contributed by atoms with E-state index in [1.807, 2.05) is 32.0 Å². The summed E-state index contributed by atoms with van der Waals surface area (Å²) in [5, 5.41) is 11.8. The number of hydrogen-bond acceptors (Lipinski definition) is 13. The molecule has 0 aliphatic carbocycles. The normalized spacial score (nSPS) is 19.8. The molecule has 1 unspecified atom stereocenters. The van der Waals surface area contributed by atoms with Crippen LogP contribution in [0, 0.1) is 18.7 Å². The number of thiazole rings is 1. The molecule has 60 heavy (non-hydrogen) atoms. The van der Waals surface area contributed by atoms with Crippen LogP contribution < -0.4 is 20.7 Å². The second-order valence-electron chi connectivity index (χ2n) is 16.2. The minimum Gasteiger partial charge on any atom is -0.482 e. The number of nitrogen functional groups attached to an aromatic ring is 1. The zero-order chi connectivity index (χ0) is 41.5. The standard InChI is InChI=1S/C43H48FN11O4S/c1-26-40(29-20-37(41(45)46-22-29)59-27(2)34-21-31(44)3-6-35(34)55-47-11-12-48-55)60-39(49-26)25-52-17-15-51(16-18-52)23-28-9-13-53(14-10-28)32-4-5-33-30(19-32)24-54(43(33)58)36-7-8-38(56)50-42(36)57/h3-6,11-12,19-22,27-28,36H,7-10,13-18,23-25H2,1-2H3,(H2,45,46)(H,50,56,57)/t27-,36?/m1/s1. The molecule has 3 N–H and O–H groups in total. The van der Waals surface area contributed by atoms with Gasteiger partial charge in [-0.1, -0.05) is 0 Å². The molecular weight excluding hydrogens is 786 g/mol. The highest BCUT2D eigenvalue weighted by atomic mass is 32.1. The summed E-state index contributed by atoms with van der Waals surface area (Å²) in [6, 6.07) is 11.7. The zero-order valence-electron chi connectivity index (χ0n) is 33.7. The van der Waals surface area contributed by atoms with E-state index in [0.717, 1.165) is 97.6 Å². The number of ether oxygens (including phenoxy) is 1. The van der Waals surface area contributed by atoms with Gasteiger partial charge in [0.25, 0.3) is 5.91 Å². The van der Waals surface area contributed by atoms with Crippen molar-refractivity contribution < 1.29 is 23.5 Å². The van der Waals surface area contributed by atoms with Crippen LogP contribution in [0.2, 0.25) is 0 Å². The average molecular weight is 834 g/mol. The van der Waals surface area contributed by atoms with Gasteiger partial charge in [0.1, 0.15) is 23.0 Å². The quantitative estimate of drug-likeness (QED) is 0.176. The lowest BCUT2D eigenvalue weighted by Crippen LogP contribution is -2.52. The van der Waals surface area contributed by atoms with Crippen molar-refractivity contribution in [3.8, 4) is 21.9 Å². The molecule has 7 heterocycles. The number of imide groups is 1. The maximum absolute atomic E-state index is 14.4.